The van der Waals surface area contributed by atoms with Crippen molar-refractivity contribution in [2.24, 2.45) is 5.92 Å². The molecule has 0 saturated carbocycles. The number of aryl methyl sites for hydroxylation is 1. The third-order valence-electron chi connectivity index (χ3n) is 3.22. The Morgan fingerprint density at radius 3 is 2.60 bits per heavy atom. The minimum Gasteiger partial charge on any atom is -0.493 e. The van der Waals surface area contributed by atoms with Gasteiger partial charge in [0.2, 0.25) is 0 Å². The Morgan fingerprint density at radius 1 is 1.25 bits per heavy atom. The fraction of sp³-hybridized carbons (Fsp3) is 0.588. The van der Waals surface area contributed by atoms with Gasteiger partial charge < -0.3 is 9.47 Å². The first kappa shape index (κ1) is 16.5. The van der Waals surface area contributed by atoms with Gasteiger partial charge in [-0.05, 0) is 37.0 Å². The van der Waals surface area contributed by atoms with E-state index < -0.39 is 0 Å². The molecule has 0 aliphatic heterocycles. The monoisotopic (exact) mass is 278 g/mol. The van der Waals surface area contributed by atoms with E-state index in [1.54, 1.807) is 7.11 Å². The lowest BCUT2D eigenvalue weighted by Gasteiger charge is -2.11. The lowest BCUT2D eigenvalue weighted by Crippen LogP contribution is -2.06. The molecule has 0 fully saturated rings. The van der Waals surface area contributed by atoms with Crippen molar-refractivity contribution < 1.29 is 14.3 Å². The van der Waals surface area contributed by atoms with Crippen molar-refractivity contribution in [2.75, 3.05) is 13.7 Å². The van der Waals surface area contributed by atoms with Gasteiger partial charge in [0.25, 0.3) is 0 Å². The molecule has 0 saturated heterocycles. The highest BCUT2D eigenvalue weighted by atomic mass is 16.5. The molecular weight excluding hydrogens is 252 g/mol. The molecule has 112 valence electrons. The summed E-state index contributed by atoms with van der Waals surface area (Å²) in [5.74, 6) is 2.02. The third-order valence-corrected chi connectivity index (χ3v) is 3.22. The van der Waals surface area contributed by atoms with Crippen LogP contribution in [0.25, 0.3) is 0 Å². The van der Waals surface area contributed by atoms with Gasteiger partial charge in [0.05, 0.1) is 13.7 Å². The molecule has 0 bridgehead atoms. The average molecular weight is 278 g/mol. The molecule has 0 spiro atoms. The number of methoxy groups -OCH3 is 1. The molecule has 0 aliphatic carbocycles. The van der Waals surface area contributed by atoms with Crippen LogP contribution in [0.5, 0.6) is 11.5 Å². The standard InChI is InChI=1S/C17H26O3/c1-5-11-20-16-10-9-14(12-17(16)19-4)7-6-8-15(18)13(2)3/h9-10,12-13H,5-8,11H2,1-4H3. The van der Waals surface area contributed by atoms with Gasteiger partial charge in [-0.3, -0.25) is 4.79 Å². The Kier molecular flexibility index (Phi) is 7.13. The SMILES string of the molecule is CCCOc1ccc(CCCC(=O)C(C)C)cc1OC. The second-order valence-electron chi connectivity index (χ2n) is 5.31. The van der Waals surface area contributed by atoms with Gasteiger partial charge >= 0.3 is 0 Å². The van der Waals surface area contributed by atoms with Gasteiger partial charge in [-0.1, -0.05) is 26.8 Å². The van der Waals surface area contributed by atoms with E-state index in [1.807, 2.05) is 32.0 Å². The Morgan fingerprint density at radius 2 is 2.00 bits per heavy atom. The fourth-order valence-corrected chi connectivity index (χ4v) is 1.95. The first-order chi connectivity index (χ1) is 9.58. The van der Waals surface area contributed by atoms with E-state index >= 15 is 0 Å². The van der Waals surface area contributed by atoms with E-state index in [9.17, 15) is 4.79 Å². The number of carbonyl (C=O) groups excluding carboxylic acids is 1. The number of ether oxygens (including phenoxy) is 2. The number of ketones is 1. The predicted molar refractivity (Wildman–Crippen MR) is 81.6 cm³/mol. The molecule has 3 nitrogen and oxygen atoms in total. The molecule has 0 heterocycles. The number of benzene rings is 1. The van der Waals surface area contributed by atoms with Crippen molar-refractivity contribution in [2.45, 2.75) is 46.5 Å². The smallest absolute Gasteiger partial charge is 0.161 e. The highest BCUT2D eigenvalue weighted by Gasteiger charge is 2.08. The maximum Gasteiger partial charge on any atom is 0.161 e. The predicted octanol–water partition coefficient (Wildman–Crippen LogP) is 4.03. The zero-order chi connectivity index (χ0) is 15.0. The summed E-state index contributed by atoms with van der Waals surface area (Å²) in [7, 11) is 1.65. The second-order valence-corrected chi connectivity index (χ2v) is 5.31. The summed E-state index contributed by atoms with van der Waals surface area (Å²) >= 11 is 0. The van der Waals surface area contributed by atoms with Gasteiger partial charge in [0.1, 0.15) is 5.78 Å². The van der Waals surface area contributed by atoms with Crippen LogP contribution in [-0.4, -0.2) is 19.5 Å². The molecule has 0 radical (unpaired) electrons. The Hall–Kier alpha value is -1.51. The summed E-state index contributed by atoms with van der Waals surface area (Å²) < 4.78 is 11.0. The summed E-state index contributed by atoms with van der Waals surface area (Å²) in [6.45, 7) is 6.67. The van der Waals surface area contributed by atoms with E-state index in [-0.39, 0.29) is 5.92 Å². The number of rotatable bonds is 9. The average Bonchev–Trinajstić information content (AvgIpc) is 2.45. The first-order valence-corrected chi connectivity index (χ1v) is 7.40. The van der Waals surface area contributed by atoms with Crippen LogP contribution >= 0.6 is 0 Å². The Bertz CT molecular complexity index is 424. The topological polar surface area (TPSA) is 35.5 Å². The number of Topliss-reactive ketones (excluding diaryl/α,β-unsaturated/α-hetero) is 1. The number of hydrogen-bond donors (Lipinski definition) is 0. The minimum atomic E-state index is 0.134. The van der Waals surface area contributed by atoms with Crippen LogP contribution in [0.3, 0.4) is 0 Å². The van der Waals surface area contributed by atoms with Crippen LogP contribution in [0, 0.1) is 5.92 Å². The zero-order valence-corrected chi connectivity index (χ0v) is 13.1. The molecular formula is C17H26O3. The summed E-state index contributed by atoms with van der Waals surface area (Å²) in [4.78, 5) is 11.6. The van der Waals surface area contributed by atoms with Crippen molar-refractivity contribution >= 4 is 5.78 Å². The number of hydrogen-bond acceptors (Lipinski definition) is 3. The maximum absolute atomic E-state index is 11.6. The lowest BCUT2D eigenvalue weighted by molar-refractivity contribution is -0.121. The van der Waals surface area contributed by atoms with Crippen molar-refractivity contribution in [1.29, 1.82) is 0 Å². The molecule has 0 aliphatic rings. The van der Waals surface area contributed by atoms with Crippen molar-refractivity contribution in [3.05, 3.63) is 23.8 Å². The van der Waals surface area contributed by atoms with Crippen molar-refractivity contribution in [3.63, 3.8) is 0 Å². The molecule has 1 rings (SSSR count). The summed E-state index contributed by atoms with van der Waals surface area (Å²) in [5.41, 5.74) is 1.18. The normalized spacial score (nSPS) is 10.7. The minimum absolute atomic E-state index is 0.134. The van der Waals surface area contributed by atoms with E-state index in [2.05, 4.69) is 6.92 Å². The fourth-order valence-electron chi connectivity index (χ4n) is 1.95. The van der Waals surface area contributed by atoms with Gasteiger partial charge in [-0.25, -0.2) is 0 Å². The molecule has 0 amide bonds. The van der Waals surface area contributed by atoms with Crippen LogP contribution in [-0.2, 0) is 11.2 Å². The van der Waals surface area contributed by atoms with E-state index in [0.29, 0.717) is 18.8 Å². The molecule has 1 aromatic rings. The molecule has 1 aromatic carbocycles. The molecule has 0 N–H and O–H groups in total. The van der Waals surface area contributed by atoms with Crippen LogP contribution in [0.4, 0.5) is 0 Å². The largest absolute Gasteiger partial charge is 0.493 e. The number of carbonyl (C=O) groups is 1. The Labute approximate surface area is 122 Å². The van der Waals surface area contributed by atoms with Gasteiger partial charge in [-0.2, -0.15) is 0 Å². The van der Waals surface area contributed by atoms with Crippen LogP contribution in [0.15, 0.2) is 18.2 Å². The van der Waals surface area contributed by atoms with Gasteiger partial charge in [0, 0.05) is 12.3 Å². The van der Waals surface area contributed by atoms with Crippen LogP contribution < -0.4 is 9.47 Å². The summed E-state index contributed by atoms with van der Waals surface area (Å²) in [5, 5.41) is 0. The highest BCUT2D eigenvalue weighted by Crippen LogP contribution is 2.28. The molecule has 0 atom stereocenters. The van der Waals surface area contributed by atoms with Crippen LogP contribution in [0.2, 0.25) is 0 Å². The van der Waals surface area contributed by atoms with E-state index in [0.717, 1.165) is 30.8 Å². The summed E-state index contributed by atoms with van der Waals surface area (Å²) in [6, 6.07) is 6.01. The first-order valence-electron chi connectivity index (χ1n) is 7.40. The van der Waals surface area contributed by atoms with Gasteiger partial charge in [0.15, 0.2) is 11.5 Å². The summed E-state index contributed by atoms with van der Waals surface area (Å²) in [6.07, 6.45) is 3.40. The third kappa shape index (κ3) is 5.24. The lowest BCUT2D eigenvalue weighted by atomic mass is 10.0. The molecule has 3 heteroatoms. The quantitative estimate of drug-likeness (QED) is 0.684. The van der Waals surface area contributed by atoms with E-state index in [1.165, 1.54) is 5.56 Å². The van der Waals surface area contributed by atoms with Crippen molar-refractivity contribution in [3.8, 4) is 11.5 Å². The molecule has 0 unspecified atom stereocenters. The Balaban J connectivity index is 2.57. The molecule has 0 aromatic heterocycles. The molecule has 20 heavy (non-hydrogen) atoms. The van der Waals surface area contributed by atoms with E-state index in [4.69, 9.17) is 9.47 Å². The van der Waals surface area contributed by atoms with Crippen LogP contribution in [0.1, 0.15) is 45.6 Å². The second kappa shape index (κ2) is 8.62. The van der Waals surface area contributed by atoms with Gasteiger partial charge in [-0.15, -0.1) is 0 Å². The highest BCUT2D eigenvalue weighted by molar-refractivity contribution is 5.80. The van der Waals surface area contributed by atoms with Crippen molar-refractivity contribution in [1.82, 2.24) is 0 Å². The maximum atomic E-state index is 11.6. The zero-order valence-electron chi connectivity index (χ0n) is 13.1.